The Labute approximate surface area is 117 Å². The first kappa shape index (κ1) is 14.8. The van der Waals surface area contributed by atoms with Gasteiger partial charge in [0.2, 0.25) is 5.09 Å². The highest BCUT2D eigenvalue weighted by Crippen LogP contribution is 2.23. The van der Waals surface area contributed by atoms with E-state index in [2.05, 4.69) is 9.88 Å². The van der Waals surface area contributed by atoms with Gasteiger partial charge in [0.1, 0.15) is 11.5 Å². The van der Waals surface area contributed by atoms with E-state index in [0.717, 1.165) is 5.56 Å². The summed E-state index contributed by atoms with van der Waals surface area (Å²) in [6.07, 6.45) is 0. The maximum atomic E-state index is 12.2. The number of sulfonamides is 1. The molecule has 0 fully saturated rings. The van der Waals surface area contributed by atoms with Crippen LogP contribution >= 0.6 is 0 Å². The van der Waals surface area contributed by atoms with Crippen LogP contribution in [-0.4, -0.2) is 13.6 Å². The fourth-order valence-corrected chi connectivity index (χ4v) is 3.23. The molecule has 0 radical (unpaired) electrons. The first-order valence-corrected chi connectivity index (χ1v) is 7.57. The largest absolute Gasteiger partial charge is 0.447 e. The molecule has 0 spiro atoms. The van der Waals surface area contributed by atoms with E-state index < -0.39 is 16.1 Å². The number of nitrogens with zero attached hydrogens (tertiary/aromatic N) is 1. The first-order chi connectivity index (χ1) is 9.35. The predicted octanol–water partition coefficient (Wildman–Crippen LogP) is 1.38. The van der Waals surface area contributed by atoms with Gasteiger partial charge in [-0.05, 0) is 32.9 Å². The second-order valence-corrected chi connectivity index (χ2v) is 6.15. The standard InChI is InChI=1S/C12H17N3O4S/c1-7-12(9(3)19-14-7)8(2)15-20(16,17)11-5-4-10(6-13)18-11/h4-5,8,15H,6,13H2,1-3H3. The molecule has 20 heavy (non-hydrogen) atoms. The Morgan fingerprint density at radius 2 is 2.10 bits per heavy atom. The highest BCUT2D eigenvalue weighted by Gasteiger charge is 2.25. The molecule has 0 saturated carbocycles. The highest BCUT2D eigenvalue weighted by molar-refractivity contribution is 7.89. The quantitative estimate of drug-likeness (QED) is 0.862. The molecular weight excluding hydrogens is 282 g/mol. The summed E-state index contributed by atoms with van der Waals surface area (Å²) in [6.45, 7) is 5.36. The van der Waals surface area contributed by atoms with E-state index in [1.807, 2.05) is 0 Å². The lowest BCUT2D eigenvalue weighted by atomic mass is 10.1. The van der Waals surface area contributed by atoms with E-state index in [9.17, 15) is 8.42 Å². The molecule has 2 heterocycles. The number of rotatable bonds is 5. The Bertz CT molecular complexity index is 683. The lowest BCUT2D eigenvalue weighted by Gasteiger charge is -2.12. The lowest BCUT2D eigenvalue weighted by Crippen LogP contribution is -2.27. The molecule has 8 heteroatoms. The van der Waals surface area contributed by atoms with E-state index in [1.54, 1.807) is 20.8 Å². The van der Waals surface area contributed by atoms with Crippen LogP contribution in [0.25, 0.3) is 0 Å². The Morgan fingerprint density at radius 1 is 1.40 bits per heavy atom. The Hall–Kier alpha value is -1.64. The molecule has 1 atom stereocenters. The third kappa shape index (κ3) is 2.77. The van der Waals surface area contributed by atoms with Crippen molar-refractivity contribution in [3.63, 3.8) is 0 Å². The van der Waals surface area contributed by atoms with Crippen molar-refractivity contribution < 1.29 is 17.4 Å². The number of aryl methyl sites for hydroxylation is 2. The fourth-order valence-electron chi connectivity index (χ4n) is 2.07. The van der Waals surface area contributed by atoms with Crippen molar-refractivity contribution in [2.75, 3.05) is 0 Å². The fraction of sp³-hybridized carbons (Fsp3) is 0.417. The van der Waals surface area contributed by atoms with Crippen molar-refractivity contribution in [1.82, 2.24) is 9.88 Å². The zero-order chi connectivity index (χ0) is 14.9. The van der Waals surface area contributed by atoms with Crippen molar-refractivity contribution in [3.05, 3.63) is 34.9 Å². The number of hydrogen-bond donors (Lipinski definition) is 2. The Balaban J connectivity index is 2.24. The van der Waals surface area contributed by atoms with Gasteiger partial charge in [-0.15, -0.1) is 0 Å². The van der Waals surface area contributed by atoms with Crippen LogP contribution < -0.4 is 10.5 Å². The molecule has 0 aliphatic carbocycles. The van der Waals surface area contributed by atoms with Gasteiger partial charge in [0.25, 0.3) is 10.0 Å². The van der Waals surface area contributed by atoms with E-state index in [0.29, 0.717) is 17.2 Å². The first-order valence-electron chi connectivity index (χ1n) is 6.09. The average Bonchev–Trinajstić information content (AvgIpc) is 2.96. The third-order valence-corrected chi connectivity index (χ3v) is 4.37. The number of nitrogens with one attached hydrogen (secondary N) is 1. The normalized spacial score (nSPS) is 13.6. The molecule has 0 bridgehead atoms. The zero-order valence-electron chi connectivity index (χ0n) is 11.5. The molecule has 2 rings (SSSR count). The van der Waals surface area contributed by atoms with Crippen LogP contribution in [0.1, 0.15) is 35.7 Å². The molecule has 1 unspecified atom stereocenters. The van der Waals surface area contributed by atoms with Gasteiger partial charge < -0.3 is 14.7 Å². The minimum absolute atomic E-state index is 0.148. The van der Waals surface area contributed by atoms with Crippen LogP contribution in [0.5, 0.6) is 0 Å². The van der Waals surface area contributed by atoms with Crippen LogP contribution in [-0.2, 0) is 16.6 Å². The topological polar surface area (TPSA) is 111 Å². The summed E-state index contributed by atoms with van der Waals surface area (Å²) in [7, 11) is -3.75. The minimum atomic E-state index is -3.75. The van der Waals surface area contributed by atoms with Crippen molar-refractivity contribution in [2.45, 2.75) is 38.5 Å². The summed E-state index contributed by atoms with van der Waals surface area (Å²) in [5.74, 6) is 0.996. The van der Waals surface area contributed by atoms with E-state index in [4.69, 9.17) is 14.7 Å². The van der Waals surface area contributed by atoms with E-state index in [1.165, 1.54) is 12.1 Å². The molecule has 0 amide bonds. The molecule has 7 nitrogen and oxygen atoms in total. The summed E-state index contributed by atoms with van der Waals surface area (Å²) < 4.78 is 37.1. The van der Waals surface area contributed by atoms with Crippen molar-refractivity contribution in [3.8, 4) is 0 Å². The molecule has 0 saturated heterocycles. The van der Waals surface area contributed by atoms with E-state index >= 15 is 0 Å². The van der Waals surface area contributed by atoms with Gasteiger partial charge in [-0.25, -0.2) is 13.1 Å². The van der Waals surface area contributed by atoms with Crippen LogP contribution in [0.3, 0.4) is 0 Å². The maximum Gasteiger partial charge on any atom is 0.274 e. The van der Waals surface area contributed by atoms with Gasteiger partial charge in [-0.1, -0.05) is 5.16 Å². The molecule has 0 aliphatic rings. The van der Waals surface area contributed by atoms with Gasteiger partial charge in [0, 0.05) is 11.6 Å². The molecule has 2 aromatic rings. The van der Waals surface area contributed by atoms with Gasteiger partial charge in [-0.3, -0.25) is 0 Å². The smallest absolute Gasteiger partial charge is 0.274 e. The van der Waals surface area contributed by atoms with Crippen LogP contribution in [0, 0.1) is 13.8 Å². The number of hydrogen-bond acceptors (Lipinski definition) is 6. The summed E-state index contributed by atoms with van der Waals surface area (Å²) in [4.78, 5) is 0. The second kappa shape index (κ2) is 5.39. The van der Waals surface area contributed by atoms with Gasteiger partial charge in [-0.2, -0.15) is 0 Å². The third-order valence-electron chi connectivity index (χ3n) is 2.96. The Morgan fingerprint density at radius 3 is 2.60 bits per heavy atom. The summed E-state index contributed by atoms with van der Waals surface area (Å²) in [5, 5.41) is 3.65. The van der Waals surface area contributed by atoms with Crippen molar-refractivity contribution in [2.24, 2.45) is 5.73 Å². The number of aromatic nitrogens is 1. The van der Waals surface area contributed by atoms with E-state index in [-0.39, 0.29) is 11.6 Å². The van der Waals surface area contributed by atoms with Crippen molar-refractivity contribution >= 4 is 10.0 Å². The monoisotopic (exact) mass is 299 g/mol. The van der Waals surface area contributed by atoms with Gasteiger partial charge in [0.05, 0.1) is 12.2 Å². The lowest BCUT2D eigenvalue weighted by molar-refractivity contribution is 0.391. The Kier molecular flexibility index (Phi) is 3.98. The molecule has 110 valence electrons. The average molecular weight is 299 g/mol. The summed E-state index contributed by atoms with van der Waals surface area (Å²) in [5.41, 5.74) is 6.77. The molecule has 3 N–H and O–H groups in total. The number of nitrogens with two attached hydrogens (primary N) is 1. The number of furan rings is 1. The van der Waals surface area contributed by atoms with Crippen LogP contribution in [0.15, 0.2) is 26.2 Å². The second-order valence-electron chi connectivity index (χ2n) is 4.51. The SMILES string of the molecule is Cc1noc(C)c1C(C)NS(=O)(=O)c1ccc(CN)o1. The minimum Gasteiger partial charge on any atom is -0.447 e. The molecular formula is C12H17N3O4S. The highest BCUT2D eigenvalue weighted by atomic mass is 32.2. The summed E-state index contributed by atoms with van der Waals surface area (Å²) >= 11 is 0. The van der Waals surface area contributed by atoms with Gasteiger partial charge in [0.15, 0.2) is 0 Å². The maximum absolute atomic E-state index is 12.2. The van der Waals surface area contributed by atoms with Crippen LogP contribution in [0.4, 0.5) is 0 Å². The van der Waals surface area contributed by atoms with Crippen molar-refractivity contribution in [1.29, 1.82) is 0 Å². The summed E-state index contributed by atoms with van der Waals surface area (Å²) in [6, 6.07) is 2.44. The molecule has 0 aliphatic heterocycles. The molecule has 0 aromatic carbocycles. The zero-order valence-corrected chi connectivity index (χ0v) is 12.3. The van der Waals surface area contributed by atoms with Gasteiger partial charge >= 0.3 is 0 Å². The molecule has 2 aromatic heterocycles. The van der Waals surface area contributed by atoms with Crippen LogP contribution in [0.2, 0.25) is 0 Å². The predicted molar refractivity (Wildman–Crippen MR) is 71.3 cm³/mol.